The van der Waals surface area contributed by atoms with Crippen molar-refractivity contribution in [3.63, 3.8) is 0 Å². The molecule has 0 bridgehead atoms. The van der Waals surface area contributed by atoms with Gasteiger partial charge in [-0.3, -0.25) is 4.79 Å². The summed E-state index contributed by atoms with van der Waals surface area (Å²) in [6.07, 6.45) is 1.28. The fourth-order valence-electron chi connectivity index (χ4n) is 2.55. The molecule has 0 heterocycles. The largest absolute Gasteiger partial charge is 0.490 e. The molecule has 0 unspecified atom stereocenters. The van der Waals surface area contributed by atoms with E-state index in [0.29, 0.717) is 42.6 Å². The second-order valence-corrected chi connectivity index (χ2v) is 5.69. The number of ether oxygens (including phenoxy) is 3. The van der Waals surface area contributed by atoms with E-state index in [9.17, 15) is 14.7 Å². The molecule has 0 aromatic heterocycles. The zero-order chi connectivity index (χ0) is 21.2. The molecular formula is C21H24N2O6. The van der Waals surface area contributed by atoms with E-state index in [0.717, 1.165) is 0 Å². The fraction of sp³-hybridized carbons (Fsp3) is 0.286. The number of nitrogens with zero attached hydrogens (tertiary/aromatic N) is 1. The average Bonchev–Trinajstić information content (AvgIpc) is 2.70. The number of hydrogen-bond acceptors (Lipinski definition) is 6. The summed E-state index contributed by atoms with van der Waals surface area (Å²) in [4.78, 5) is 23.8. The molecule has 1 amide bonds. The number of aromatic carboxylic acids is 1. The van der Waals surface area contributed by atoms with E-state index in [1.165, 1.54) is 12.3 Å². The first kappa shape index (κ1) is 21.7. The normalized spacial score (nSPS) is 10.6. The first-order valence-corrected chi connectivity index (χ1v) is 9.23. The third kappa shape index (κ3) is 5.71. The van der Waals surface area contributed by atoms with Crippen molar-refractivity contribution < 1.29 is 28.9 Å². The standard InChI is InChI=1S/C21H24N2O6/c1-4-27-17-11-15(12-18(28-5-2)19(17)29-6-3)20(24)23-22-13-14-9-7-8-10-16(14)21(25)26/h7-13H,4-6H2,1-3H3,(H,23,24)(H,25,26). The van der Waals surface area contributed by atoms with Crippen molar-refractivity contribution >= 4 is 18.1 Å². The molecule has 0 spiro atoms. The Hall–Kier alpha value is -3.55. The van der Waals surface area contributed by atoms with E-state index in [1.807, 2.05) is 20.8 Å². The average molecular weight is 400 g/mol. The van der Waals surface area contributed by atoms with E-state index < -0.39 is 11.9 Å². The zero-order valence-corrected chi connectivity index (χ0v) is 16.6. The molecule has 0 saturated carbocycles. The molecule has 8 heteroatoms. The van der Waals surface area contributed by atoms with Crippen molar-refractivity contribution in [2.45, 2.75) is 20.8 Å². The van der Waals surface area contributed by atoms with Crippen LogP contribution in [0, 0.1) is 0 Å². The highest BCUT2D eigenvalue weighted by Crippen LogP contribution is 2.39. The van der Waals surface area contributed by atoms with Gasteiger partial charge in [-0.05, 0) is 39.0 Å². The molecular weight excluding hydrogens is 376 g/mol. The van der Waals surface area contributed by atoms with Gasteiger partial charge in [0.2, 0.25) is 5.75 Å². The molecule has 2 aromatic carbocycles. The third-order valence-electron chi connectivity index (χ3n) is 3.73. The number of nitrogens with one attached hydrogen (secondary N) is 1. The monoisotopic (exact) mass is 400 g/mol. The Balaban J connectivity index is 2.27. The Kier molecular flexibility index (Phi) is 8.02. The molecule has 0 radical (unpaired) electrons. The molecule has 154 valence electrons. The molecule has 8 nitrogen and oxygen atoms in total. The zero-order valence-electron chi connectivity index (χ0n) is 16.6. The molecule has 0 fully saturated rings. The topological polar surface area (TPSA) is 106 Å². The van der Waals surface area contributed by atoms with Crippen molar-refractivity contribution in [3.8, 4) is 17.2 Å². The van der Waals surface area contributed by atoms with Gasteiger partial charge in [0.25, 0.3) is 5.91 Å². The lowest BCUT2D eigenvalue weighted by molar-refractivity contribution is 0.0696. The Morgan fingerprint density at radius 1 is 1.00 bits per heavy atom. The van der Waals surface area contributed by atoms with E-state index in [1.54, 1.807) is 30.3 Å². The molecule has 0 aliphatic rings. The van der Waals surface area contributed by atoms with E-state index >= 15 is 0 Å². The van der Waals surface area contributed by atoms with E-state index in [-0.39, 0.29) is 11.1 Å². The minimum absolute atomic E-state index is 0.0869. The van der Waals surface area contributed by atoms with Crippen LogP contribution in [0.25, 0.3) is 0 Å². The van der Waals surface area contributed by atoms with Crippen molar-refractivity contribution in [2.24, 2.45) is 5.10 Å². The van der Waals surface area contributed by atoms with Crippen LogP contribution in [0.3, 0.4) is 0 Å². The molecule has 0 saturated heterocycles. The lowest BCUT2D eigenvalue weighted by Gasteiger charge is -2.16. The van der Waals surface area contributed by atoms with Crippen LogP contribution in [0.15, 0.2) is 41.5 Å². The summed E-state index contributed by atoms with van der Waals surface area (Å²) in [5.74, 6) is -0.352. The summed E-state index contributed by atoms with van der Waals surface area (Å²) >= 11 is 0. The summed E-state index contributed by atoms with van der Waals surface area (Å²) in [5.41, 5.74) is 3.12. The summed E-state index contributed by atoms with van der Waals surface area (Å²) in [6, 6.07) is 9.45. The predicted octanol–water partition coefficient (Wildman–Crippen LogP) is 3.34. The number of amides is 1. The van der Waals surface area contributed by atoms with Crippen molar-refractivity contribution in [1.29, 1.82) is 0 Å². The van der Waals surface area contributed by atoms with Crippen molar-refractivity contribution in [3.05, 3.63) is 53.1 Å². The fourth-order valence-corrected chi connectivity index (χ4v) is 2.55. The van der Waals surface area contributed by atoms with Gasteiger partial charge in [0, 0.05) is 11.1 Å². The van der Waals surface area contributed by atoms with Crippen molar-refractivity contribution in [1.82, 2.24) is 5.43 Å². The van der Waals surface area contributed by atoms with Gasteiger partial charge in [-0.25, -0.2) is 10.2 Å². The number of benzene rings is 2. The van der Waals surface area contributed by atoms with Gasteiger partial charge in [0.05, 0.1) is 31.6 Å². The van der Waals surface area contributed by atoms with Gasteiger partial charge in [-0.15, -0.1) is 0 Å². The summed E-state index contributed by atoms with van der Waals surface area (Å²) in [5, 5.41) is 13.1. The van der Waals surface area contributed by atoms with Crippen LogP contribution >= 0.6 is 0 Å². The predicted molar refractivity (Wildman–Crippen MR) is 108 cm³/mol. The Morgan fingerprint density at radius 3 is 2.14 bits per heavy atom. The number of carboxylic acid groups (broad SMARTS) is 1. The first-order valence-electron chi connectivity index (χ1n) is 9.23. The minimum Gasteiger partial charge on any atom is -0.490 e. The molecule has 2 aromatic rings. The minimum atomic E-state index is -1.08. The van der Waals surface area contributed by atoms with Crippen LogP contribution in [0.2, 0.25) is 0 Å². The van der Waals surface area contributed by atoms with Gasteiger partial charge < -0.3 is 19.3 Å². The highest BCUT2D eigenvalue weighted by molar-refractivity contribution is 5.99. The summed E-state index contributed by atoms with van der Waals surface area (Å²) < 4.78 is 16.8. The highest BCUT2D eigenvalue weighted by Gasteiger charge is 2.18. The van der Waals surface area contributed by atoms with Gasteiger partial charge in [-0.1, -0.05) is 18.2 Å². The highest BCUT2D eigenvalue weighted by atomic mass is 16.5. The number of carbonyl (C=O) groups excluding carboxylic acids is 1. The number of hydrogen-bond donors (Lipinski definition) is 2. The maximum absolute atomic E-state index is 12.5. The molecule has 0 aliphatic heterocycles. The van der Waals surface area contributed by atoms with Crippen molar-refractivity contribution in [2.75, 3.05) is 19.8 Å². The third-order valence-corrected chi connectivity index (χ3v) is 3.73. The quantitative estimate of drug-likeness (QED) is 0.468. The SMILES string of the molecule is CCOc1cc(C(=O)NN=Cc2ccccc2C(=O)O)cc(OCC)c1OCC. The smallest absolute Gasteiger partial charge is 0.336 e. The van der Waals surface area contributed by atoms with Gasteiger partial charge in [-0.2, -0.15) is 5.10 Å². The lowest BCUT2D eigenvalue weighted by atomic mass is 10.1. The van der Waals surface area contributed by atoms with Crippen LogP contribution in [-0.4, -0.2) is 43.0 Å². The number of carboxylic acids is 1. The first-order chi connectivity index (χ1) is 14.0. The Labute approximate surface area is 169 Å². The maximum Gasteiger partial charge on any atom is 0.336 e. The summed E-state index contributed by atoms with van der Waals surface area (Å²) in [7, 11) is 0. The van der Waals surface area contributed by atoms with E-state index in [4.69, 9.17) is 14.2 Å². The lowest BCUT2D eigenvalue weighted by Crippen LogP contribution is -2.18. The molecule has 2 rings (SSSR count). The maximum atomic E-state index is 12.5. The van der Waals surface area contributed by atoms with Crippen LogP contribution in [0.5, 0.6) is 17.2 Å². The molecule has 0 atom stereocenters. The second kappa shape index (κ2) is 10.7. The second-order valence-electron chi connectivity index (χ2n) is 5.69. The molecule has 0 aliphatic carbocycles. The number of hydrazone groups is 1. The Morgan fingerprint density at radius 2 is 1.59 bits per heavy atom. The van der Waals surface area contributed by atoms with Crippen LogP contribution in [0.4, 0.5) is 0 Å². The Bertz CT molecular complexity index is 867. The molecule has 2 N–H and O–H groups in total. The molecule has 29 heavy (non-hydrogen) atoms. The number of rotatable bonds is 10. The van der Waals surface area contributed by atoms with Gasteiger partial charge in [0.15, 0.2) is 11.5 Å². The van der Waals surface area contributed by atoms with Crippen LogP contribution in [0.1, 0.15) is 47.1 Å². The summed E-state index contributed by atoms with van der Waals surface area (Å²) in [6.45, 7) is 6.69. The number of carbonyl (C=O) groups is 2. The van der Waals surface area contributed by atoms with Gasteiger partial charge in [0.1, 0.15) is 0 Å². The van der Waals surface area contributed by atoms with E-state index in [2.05, 4.69) is 10.5 Å². The van der Waals surface area contributed by atoms with Gasteiger partial charge >= 0.3 is 5.97 Å². The van der Waals surface area contributed by atoms with Crippen LogP contribution in [-0.2, 0) is 0 Å². The van der Waals surface area contributed by atoms with Crippen LogP contribution < -0.4 is 19.6 Å².